The molecule has 2 aromatic carbocycles. The van der Waals surface area contributed by atoms with E-state index in [2.05, 4.69) is 10.2 Å². The Labute approximate surface area is 173 Å². The maximum Gasteiger partial charge on any atom is 0.254 e. The summed E-state index contributed by atoms with van der Waals surface area (Å²) in [5.41, 5.74) is 0.781. The van der Waals surface area contributed by atoms with Crippen LogP contribution in [0.3, 0.4) is 0 Å². The first-order valence-electron chi connectivity index (χ1n) is 11.0. The summed E-state index contributed by atoms with van der Waals surface area (Å²) in [5.74, 6) is 0.280. The van der Waals surface area contributed by atoms with Gasteiger partial charge in [-0.15, -0.1) is 0 Å². The molecule has 0 bridgehead atoms. The molecule has 29 heavy (non-hydrogen) atoms. The third-order valence-electron chi connectivity index (χ3n) is 6.30. The predicted molar refractivity (Wildman–Crippen MR) is 116 cm³/mol. The van der Waals surface area contributed by atoms with Gasteiger partial charge in [0.05, 0.1) is 0 Å². The molecule has 5 heteroatoms. The summed E-state index contributed by atoms with van der Waals surface area (Å²) in [5, 5.41) is 5.31. The zero-order valence-electron chi connectivity index (χ0n) is 17.1. The number of piperazine rings is 1. The largest absolute Gasteiger partial charge is 0.353 e. The van der Waals surface area contributed by atoms with Gasteiger partial charge in [0.1, 0.15) is 0 Å². The molecule has 1 saturated carbocycles. The standard InChI is InChI=1S/C24H31N3O2/c28-23(25-20-9-2-1-3-10-20)13-14-26-15-17-27(18-16-26)24(29)22-12-6-8-19-7-4-5-11-21(19)22/h4-8,11-12,20H,1-3,9-10,13-18H2,(H,25,28). The number of rotatable bonds is 5. The second-order valence-corrected chi connectivity index (χ2v) is 8.31. The molecule has 1 saturated heterocycles. The highest BCUT2D eigenvalue weighted by Gasteiger charge is 2.24. The van der Waals surface area contributed by atoms with E-state index in [1.807, 2.05) is 47.4 Å². The van der Waals surface area contributed by atoms with Crippen molar-refractivity contribution in [3.8, 4) is 0 Å². The minimum atomic E-state index is 0.108. The van der Waals surface area contributed by atoms with Crippen LogP contribution in [0.25, 0.3) is 10.8 Å². The summed E-state index contributed by atoms with van der Waals surface area (Å²) >= 11 is 0. The summed E-state index contributed by atoms with van der Waals surface area (Å²) in [7, 11) is 0. The molecule has 1 N–H and O–H groups in total. The minimum absolute atomic E-state index is 0.108. The van der Waals surface area contributed by atoms with E-state index in [-0.39, 0.29) is 11.8 Å². The van der Waals surface area contributed by atoms with Crippen molar-refractivity contribution in [2.24, 2.45) is 0 Å². The Bertz CT molecular complexity index is 847. The van der Waals surface area contributed by atoms with Crippen molar-refractivity contribution in [2.45, 2.75) is 44.6 Å². The van der Waals surface area contributed by atoms with E-state index >= 15 is 0 Å². The first-order chi connectivity index (χ1) is 14.2. The molecule has 2 fully saturated rings. The van der Waals surface area contributed by atoms with Crippen LogP contribution in [-0.2, 0) is 4.79 Å². The number of nitrogens with one attached hydrogen (secondary N) is 1. The summed E-state index contributed by atoms with van der Waals surface area (Å²) in [4.78, 5) is 29.5. The lowest BCUT2D eigenvalue weighted by atomic mass is 9.95. The molecule has 1 heterocycles. The van der Waals surface area contributed by atoms with E-state index in [9.17, 15) is 9.59 Å². The van der Waals surface area contributed by atoms with Gasteiger partial charge in [0.25, 0.3) is 5.91 Å². The van der Waals surface area contributed by atoms with E-state index in [4.69, 9.17) is 0 Å². The van der Waals surface area contributed by atoms with Gasteiger partial charge < -0.3 is 10.2 Å². The van der Waals surface area contributed by atoms with Gasteiger partial charge in [-0.2, -0.15) is 0 Å². The van der Waals surface area contributed by atoms with E-state index in [0.717, 1.165) is 48.8 Å². The third-order valence-corrected chi connectivity index (χ3v) is 6.30. The van der Waals surface area contributed by atoms with Crippen LogP contribution >= 0.6 is 0 Å². The van der Waals surface area contributed by atoms with Crippen LogP contribution < -0.4 is 5.32 Å². The molecule has 2 aromatic rings. The van der Waals surface area contributed by atoms with Gasteiger partial charge in [-0.3, -0.25) is 14.5 Å². The molecule has 2 amide bonds. The van der Waals surface area contributed by atoms with Crippen molar-refractivity contribution < 1.29 is 9.59 Å². The molecule has 0 radical (unpaired) electrons. The fraction of sp³-hybridized carbons (Fsp3) is 0.500. The smallest absolute Gasteiger partial charge is 0.254 e. The van der Waals surface area contributed by atoms with Crippen LogP contribution in [0.15, 0.2) is 42.5 Å². The predicted octanol–water partition coefficient (Wildman–Crippen LogP) is 3.44. The number of hydrogen-bond donors (Lipinski definition) is 1. The van der Waals surface area contributed by atoms with Gasteiger partial charge in [-0.05, 0) is 29.7 Å². The van der Waals surface area contributed by atoms with E-state index in [1.54, 1.807) is 0 Å². The summed E-state index contributed by atoms with van der Waals surface area (Å²) in [6.07, 6.45) is 6.57. The molecule has 0 unspecified atom stereocenters. The van der Waals surface area contributed by atoms with Crippen molar-refractivity contribution in [3.63, 3.8) is 0 Å². The zero-order chi connectivity index (χ0) is 20.1. The molecular formula is C24H31N3O2. The average Bonchev–Trinajstić information content (AvgIpc) is 2.78. The van der Waals surface area contributed by atoms with Crippen LogP contribution in [0, 0.1) is 0 Å². The highest BCUT2D eigenvalue weighted by molar-refractivity contribution is 6.07. The van der Waals surface area contributed by atoms with E-state index in [1.165, 1.54) is 19.3 Å². The molecule has 0 atom stereocenters. The van der Waals surface area contributed by atoms with Crippen LogP contribution in [0.4, 0.5) is 0 Å². The highest BCUT2D eigenvalue weighted by atomic mass is 16.2. The summed E-state index contributed by atoms with van der Waals surface area (Å²) < 4.78 is 0. The number of benzene rings is 2. The fourth-order valence-electron chi connectivity index (χ4n) is 4.56. The van der Waals surface area contributed by atoms with Gasteiger partial charge in [-0.1, -0.05) is 55.7 Å². The Morgan fingerprint density at radius 2 is 1.62 bits per heavy atom. The normalized spacial score (nSPS) is 18.7. The SMILES string of the molecule is O=C(CCN1CCN(C(=O)c2cccc3ccccc23)CC1)NC1CCCCC1. The molecule has 1 aliphatic heterocycles. The monoisotopic (exact) mass is 393 g/mol. The van der Waals surface area contributed by atoms with Crippen molar-refractivity contribution >= 4 is 22.6 Å². The number of carbonyl (C=O) groups excluding carboxylic acids is 2. The Balaban J connectivity index is 1.26. The molecule has 154 valence electrons. The fourth-order valence-corrected chi connectivity index (χ4v) is 4.56. The Morgan fingerprint density at radius 3 is 2.41 bits per heavy atom. The second-order valence-electron chi connectivity index (χ2n) is 8.31. The lowest BCUT2D eigenvalue weighted by Gasteiger charge is -2.35. The van der Waals surface area contributed by atoms with Gasteiger partial charge in [0.2, 0.25) is 5.91 Å². The minimum Gasteiger partial charge on any atom is -0.353 e. The lowest BCUT2D eigenvalue weighted by Crippen LogP contribution is -2.49. The topological polar surface area (TPSA) is 52.7 Å². The number of carbonyl (C=O) groups is 2. The molecular weight excluding hydrogens is 362 g/mol. The van der Waals surface area contributed by atoms with Crippen molar-refractivity contribution in [2.75, 3.05) is 32.7 Å². The van der Waals surface area contributed by atoms with E-state index in [0.29, 0.717) is 25.6 Å². The Morgan fingerprint density at radius 1 is 0.897 bits per heavy atom. The second kappa shape index (κ2) is 9.40. The quantitative estimate of drug-likeness (QED) is 0.847. The maximum atomic E-state index is 13.1. The Hall–Kier alpha value is -2.40. The summed E-state index contributed by atoms with van der Waals surface area (Å²) in [6.45, 7) is 3.86. The molecule has 1 aliphatic carbocycles. The zero-order valence-corrected chi connectivity index (χ0v) is 17.1. The lowest BCUT2D eigenvalue weighted by molar-refractivity contribution is -0.122. The van der Waals surface area contributed by atoms with Crippen LogP contribution in [0.2, 0.25) is 0 Å². The molecule has 0 spiro atoms. The Kier molecular flexibility index (Phi) is 6.45. The third kappa shape index (κ3) is 4.96. The number of fused-ring (bicyclic) bond motifs is 1. The van der Waals surface area contributed by atoms with Gasteiger partial charge in [0, 0.05) is 50.7 Å². The highest BCUT2D eigenvalue weighted by Crippen LogP contribution is 2.21. The van der Waals surface area contributed by atoms with Crippen molar-refractivity contribution in [1.29, 1.82) is 0 Å². The number of amides is 2. The molecule has 5 nitrogen and oxygen atoms in total. The number of nitrogens with zero attached hydrogens (tertiary/aromatic N) is 2. The van der Waals surface area contributed by atoms with E-state index < -0.39 is 0 Å². The number of hydrogen-bond acceptors (Lipinski definition) is 3. The van der Waals surface area contributed by atoms with Gasteiger partial charge >= 0.3 is 0 Å². The van der Waals surface area contributed by atoms with Gasteiger partial charge in [-0.25, -0.2) is 0 Å². The first-order valence-corrected chi connectivity index (χ1v) is 11.0. The van der Waals surface area contributed by atoms with Crippen LogP contribution in [0.5, 0.6) is 0 Å². The summed E-state index contributed by atoms with van der Waals surface area (Å²) in [6, 6.07) is 14.3. The average molecular weight is 394 g/mol. The molecule has 4 rings (SSSR count). The maximum absolute atomic E-state index is 13.1. The molecule has 2 aliphatic rings. The van der Waals surface area contributed by atoms with Crippen LogP contribution in [0.1, 0.15) is 48.9 Å². The first kappa shape index (κ1) is 19.9. The van der Waals surface area contributed by atoms with Crippen molar-refractivity contribution in [3.05, 3.63) is 48.0 Å². The molecule has 0 aromatic heterocycles. The van der Waals surface area contributed by atoms with Gasteiger partial charge in [0.15, 0.2) is 0 Å². The van der Waals surface area contributed by atoms with Crippen LogP contribution in [-0.4, -0.2) is 60.4 Å². The van der Waals surface area contributed by atoms with Crippen molar-refractivity contribution in [1.82, 2.24) is 15.1 Å².